The summed E-state index contributed by atoms with van der Waals surface area (Å²) in [5, 5.41) is 11.8. The maximum atomic E-state index is 13.6. The zero-order valence-corrected chi connectivity index (χ0v) is 11.1. The van der Waals surface area contributed by atoms with Crippen molar-refractivity contribution >= 4 is 11.6 Å². The molecule has 0 aliphatic rings. The van der Waals surface area contributed by atoms with Crippen LogP contribution in [0.2, 0.25) is 0 Å². The van der Waals surface area contributed by atoms with Crippen LogP contribution < -0.4 is 10.1 Å². The van der Waals surface area contributed by atoms with E-state index >= 15 is 0 Å². The highest BCUT2D eigenvalue weighted by atomic mass is 19.1. The standard InChI is InChI=1S/C15H14FNO3/c1-9-7-10(18)3-5-12(9)15(19)17-14-8-11(20-2)4-6-13(14)16/h3-8,18H,1-2H3,(H,17,19). The van der Waals surface area contributed by atoms with Crippen LogP contribution in [0.3, 0.4) is 0 Å². The van der Waals surface area contributed by atoms with E-state index in [2.05, 4.69) is 5.32 Å². The quantitative estimate of drug-likeness (QED) is 0.905. The molecule has 2 aromatic carbocycles. The van der Waals surface area contributed by atoms with E-state index in [0.29, 0.717) is 16.9 Å². The van der Waals surface area contributed by atoms with Crippen LogP contribution in [0.25, 0.3) is 0 Å². The zero-order chi connectivity index (χ0) is 14.7. The molecule has 2 N–H and O–H groups in total. The molecular weight excluding hydrogens is 261 g/mol. The van der Waals surface area contributed by atoms with Gasteiger partial charge in [-0.25, -0.2) is 4.39 Å². The molecule has 0 saturated heterocycles. The van der Waals surface area contributed by atoms with E-state index in [1.165, 1.54) is 43.5 Å². The molecule has 20 heavy (non-hydrogen) atoms. The molecule has 0 aliphatic heterocycles. The molecule has 0 heterocycles. The Morgan fingerprint density at radius 2 is 2.00 bits per heavy atom. The summed E-state index contributed by atoms with van der Waals surface area (Å²) in [4.78, 5) is 12.1. The summed E-state index contributed by atoms with van der Waals surface area (Å²) in [5.74, 6) is -0.471. The molecule has 0 aromatic heterocycles. The molecule has 4 nitrogen and oxygen atoms in total. The Balaban J connectivity index is 2.27. The van der Waals surface area contributed by atoms with Gasteiger partial charge in [0.1, 0.15) is 17.3 Å². The molecule has 0 aliphatic carbocycles. The van der Waals surface area contributed by atoms with Gasteiger partial charge in [-0.05, 0) is 42.8 Å². The van der Waals surface area contributed by atoms with Crippen molar-refractivity contribution in [3.8, 4) is 11.5 Å². The molecule has 104 valence electrons. The molecule has 2 aromatic rings. The van der Waals surface area contributed by atoms with Crippen molar-refractivity contribution in [2.24, 2.45) is 0 Å². The fraction of sp³-hybridized carbons (Fsp3) is 0.133. The van der Waals surface area contributed by atoms with E-state index in [1.807, 2.05) is 0 Å². The number of phenolic OH excluding ortho intramolecular Hbond substituents is 1. The maximum absolute atomic E-state index is 13.6. The first-order valence-electron chi connectivity index (χ1n) is 5.96. The number of halogens is 1. The highest BCUT2D eigenvalue weighted by Crippen LogP contribution is 2.23. The molecule has 0 radical (unpaired) electrons. The second kappa shape index (κ2) is 5.61. The number of benzene rings is 2. The Hall–Kier alpha value is -2.56. The number of ether oxygens (including phenoxy) is 1. The minimum atomic E-state index is -0.546. The number of phenols is 1. The average molecular weight is 275 g/mol. The van der Waals surface area contributed by atoms with E-state index in [4.69, 9.17) is 4.74 Å². The lowest BCUT2D eigenvalue weighted by Crippen LogP contribution is -2.14. The number of aryl methyl sites for hydroxylation is 1. The first kappa shape index (κ1) is 13.9. The molecule has 5 heteroatoms. The van der Waals surface area contributed by atoms with Gasteiger partial charge in [-0.2, -0.15) is 0 Å². The summed E-state index contributed by atoms with van der Waals surface area (Å²) in [7, 11) is 1.46. The lowest BCUT2D eigenvalue weighted by molar-refractivity contribution is 0.102. The van der Waals surface area contributed by atoms with Crippen LogP contribution in [0.5, 0.6) is 11.5 Å². The molecule has 0 spiro atoms. The summed E-state index contributed by atoms with van der Waals surface area (Å²) in [5.41, 5.74) is 1.01. The van der Waals surface area contributed by atoms with E-state index in [0.717, 1.165) is 0 Å². The van der Waals surface area contributed by atoms with Crippen molar-refractivity contribution in [3.63, 3.8) is 0 Å². The van der Waals surface area contributed by atoms with Crippen LogP contribution in [-0.4, -0.2) is 18.1 Å². The number of nitrogens with one attached hydrogen (secondary N) is 1. The number of anilines is 1. The predicted octanol–water partition coefficient (Wildman–Crippen LogP) is 3.10. The second-order valence-corrected chi connectivity index (χ2v) is 4.30. The SMILES string of the molecule is COc1ccc(F)c(NC(=O)c2ccc(O)cc2C)c1. The Morgan fingerprint density at radius 1 is 1.25 bits per heavy atom. The summed E-state index contributed by atoms with van der Waals surface area (Å²) in [6.07, 6.45) is 0. The third-order valence-electron chi connectivity index (χ3n) is 2.88. The van der Waals surface area contributed by atoms with Crippen molar-refractivity contribution in [3.05, 3.63) is 53.3 Å². The third kappa shape index (κ3) is 2.88. The van der Waals surface area contributed by atoms with Crippen LogP contribution in [0.4, 0.5) is 10.1 Å². The van der Waals surface area contributed by atoms with Gasteiger partial charge in [-0.15, -0.1) is 0 Å². The Labute approximate surface area is 115 Å². The normalized spacial score (nSPS) is 10.2. The summed E-state index contributed by atoms with van der Waals surface area (Å²) >= 11 is 0. The number of aromatic hydroxyl groups is 1. The van der Waals surface area contributed by atoms with Crippen LogP contribution in [0.15, 0.2) is 36.4 Å². The fourth-order valence-corrected chi connectivity index (χ4v) is 1.82. The van der Waals surface area contributed by atoms with Gasteiger partial charge in [-0.3, -0.25) is 4.79 Å². The number of hydrogen-bond donors (Lipinski definition) is 2. The molecule has 0 bridgehead atoms. The van der Waals surface area contributed by atoms with Crippen molar-refractivity contribution in [1.29, 1.82) is 0 Å². The van der Waals surface area contributed by atoms with Crippen LogP contribution in [0, 0.1) is 12.7 Å². The van der Waals surface area contributed by atoms with Gasteiger partial charge in [0.15, 0.2) is 0 Å². The van der Waals surface area contributed by atoms with E-state index in [1.54, 1.807) is 6.92 Å². The number of carbonyl (C=O) groups is 1. The van der Waals surface area contributed by atoms with Crippen LogP contribution in [-0.2, 0) is 0 Å². The van der Waals surface area contributed by atoms with E-state index in [9.17, 15) is 14.3 Å². The Kier molecular flexibility index (Phi) is 3.89. The highest BCUT2D eigenvalue weighted by Gasteiger charge is 2.12. The van der Waals surface area contributed by atoms with Gasteiger partial charge in [0, 0.05) is 11.6 Å². The first-order valence-corrected chi connectivity index (χ1v) is 5.96. The van der Waals surface area contributed by atoms with E-state index < -0.39 is 11.7 Å². The van der Waals surface area contributed by atoms with Crippen molar-refractivity contribution < 1.29 is 19.0 Å². The first-order chi connectivity index (χ1) is 9.51. The molecule has 0 fully saturated rings. The van der Waals surface area contributed by atoms with Crippen LogP contribution in [0.1, 0.15) is 15.9 Å². The Bertz CT molecular complexity index is 656. The topological polar surface area (TPSA) is 58.6 Å². The number of carbonyl (C=O) groups excluding carboxylic acids is 1. The molecular formula is C15H14FNO3. The third-order valence-corrected chi connectivity index (χ3v) is 2.88. The smallest absolute Gasteiger partial charge is 0.256 e. The van der Waals surface area contributed by atoms with Crippen molar-refractivity contribution in [1.82, 2.24) is 0 Å². The molecule has 0 saturated carbocycles. The summed E-state index contributed by atoms with van der Waals surface area (Å²) in [6.45, 7) is 1.69. The zero-order valence-electron chi connectivity index (χ0n) is 11.1. The monoisotopic (exact) mass is 275 g/mol. The van der Waals surface area contributed by atoms with Gasteiger partial charge < -0.3 is 15.2 Å². The van der Waals surface area contributed by atoms with E-state index in [-0.39, 0.29) is 11.4 Å². The number of methoxy groups -OCH3 is 1. The average Bonchev–Trinajstić information content (AvgIpc) is 2.41. The number of rotatable bonds is 3. The minimum absolute atomic E-state index is 0.0434. The van der Waals surface area contributed by atoms with Gasteiger partial charge in [0.05, 0.1) is 12.8 Å². The molecule has 0 unspecified atom stereocenters. The summed E-state index contributed by atoms with van der Waals surface area (Å²) < 4.78 is 18.6. The fourth-order valence-electron chi connectivity index (χ4n) is 1.82. The Morgan fingerprint density at radius 3 is 2.65 bits per heavy atom. The maximum Gasteiger partial charge on any atom is 0.256 e. The lowest BCUT2D eigenvalue weighted by Gasteiger charge is -2.10. The predicted molar refractivity (Wildman–Crippen MR) is 73.7 cm³/mol. The van der Waals surface area contributed by atoms with Crippen molar-refractivity contribution in [2.75, 3.05) is 12.4 Å². The molecule has 0 atom stereocenters. The molecule has 1 amide bonds. The van der Waals surface area contributed by atoms with Crippen LogP contribution >= 0.6 is 0 Å². The number of amides is 1. The van der Waals surface area contributed by atoms with Gasteiger partial charge in [0.25, 0.3) is 5.91 Å². The van der Waals surface area contributed by atoms with Gasteiger partial charge in [-0.1, -0.05) is 0 Å². The summed E-state index contributed by atoms with van der Waals surface area (Å²) in [6, 6.07) is 8.46. The largest absolute Gasteiger partial charge is 0.508 e. The van der Waals surface area contributed by atoms with Crippen molar-refractivity contribution in [2.45, 2.75) is 6.92 Å². The van der Waals surface area contributed by atoms with Gasteiger partial charge >= 0.3 is 0 Å². The highest BCUT2D eigenvalue weighted by molar-refractivity contribution is 6.05. The van der Waals surface area contributed by atoms with Gasteiger partial charge in [0.2, 0.25) is 0 Å². The second-order valence-electron chi connectivity index (χ2n) is 4.30. The number of hydrogen-bond acceptors (Lipinski definition) is 3. The lowest BCUT2D eigenvalue weighted by atomic mass is 10.1. The molecule has 2 rings (SSSR count). The minimum Gasteiger partial charge on any atom is -0.508 e.